The first kappa shape index (κ1) is 23.5. The molecule has 33 heavy (non-hydrogen) atoms. The van der Waals surface area contributed by atoms with Gasteiger partial charge in [0.2, 0.25) is 0 Å². The van der Waals surface area contributed by atoms with Crippen molar-refractivity contribution >= 4 is 35.0 Å². The van der Waals surface area contributed by atoms with E-state index in [0.29, 0.717) is 28.0 Å². The Morgan fingerprint density at radius 2 is 1.85 bits per heavy atom. The molecule has 0 spiro atoms. The number of halogens is 1. The lowest BCUT2D eigenvalue weighted by Gasteiger charge is -2.35. The number of carbonyl (C=O) groups is 2. The Morgan fingerprint density at radius 1 is 1.09 bits per heavy atom. The molecule has 1 aromatic heterocycles. The van der Waals surface area contributed by atoms with Gasteiger partial charge in [0, 0.05) is 23.7 Å². The zero-order valence-corrected chi connectivity index (χ0v) is 19.6. The number of carboxylic acid groups (broad SMARTS) is 1. The summed E-state index contributed by atoms with van der Waals surface area (Å²) in [7, 11) is 0. The number of amides is 1. The second-order valence-corrected chi connectivity index (χ2v) is 9.42. The van der Waals surface area contributed by atoms with Gasteiger partial charge in [0.05, 0.1) is 11.9 Å². The number of rotatable bonds is 7. The van der Waals surface area contributed by atoms with E-state index >= 15 is 0 Å². The minimum atomic E-state index is -1.05. The molecule has 3 heterocycles. The number of nitrogens with one attached hydrogen (secondary N) is 1. The SMILES string of the molecule is O=C(Nc1cnc(N2CCC(CCN3CCCCC3)CC2)c(C(=O)O)c1)c1cccc(Cl)c1. The number of carbonyl (C=O) groups excluding carboxylic acids is 1. The number of aromatic carboxylic acids is 1. The van der Waals surface area contributed by atoms with Crippen molar-refractivity contribution in [1.82, 2.24) is 9.88 Å². The van der Waals surface area contributed by atoms with Crippen LogP contribution in [0.15, 0.2) is 36.5 Å². The topological polar surface area (TPSA) is 85.8 Å². The second-order valence-electron chi connectivity index (χ2n) is 8.99. The van der Waals surface area contributed by atoms with Crippen molar-refractivity contribution < 1.29 is 14.7 Å². The lowest BCUT2D eigenvalue weighted by Crippen LogP contribution is -2.37. The Morgan fingerprint density at radius 3 is 2.55 bits per heavy atom. The third kappa shape index (κ3) is 6.24. The minimum Gasteiger partial charge on any atom is -0.478 e. The van der Waals surface area contributed by atoms with Crippen molar-refractivity contribution in [2.75, 3.05) is 42.9 Å². The number of anilines is 2. The maximum Gasteiger partial charge on any atom is 0.339 e. The molecular formula is C25H31ClN4O3. The van der Waals surface area contributed by atoms with Crippen LogP contribution >= 0.6 is 11.6 Å². The van der Waals surface area contributed by atoms with E-state index in [1.165, 1.54) is 57.6 Å². The van der Waals surface area contributed by atoms with Crippen molar-refractivity contribution in [2.45, 2.75) is 38.5 Å². The van der Waals surface area contributed by atoms with Crippen LogP contribution in [0.2, 0.25) is 5.02 Å². The fraction of sp³-hybridized carbons (Fsp3) is 0.480. The summed E-state index contributed by atoms with van der Waals surface area (Å²) in [6, 6.07) is 8.07. The van der Waals surface area contributed by atoms with Crippen LogP contribution in [0, 0.1) is 5.92 Å². The molecule has 0 aliphatic carbocycles. The van der Waals surface area contributed by atoms with Crippen LogP contribution in [0.3, 0.4) is 0 Å². The van der Waals surface area contributed by atoms with E-state index in [0.717, 1.165) is 25.9 Å². The second kappa shape index (κ2) is 11.0. The van der Waals surface area contributed by atoms with Gasteiger partial charge in [-0.05, 0) is 81.9 Å². The van der Waals surface area contributed by atoms with E-state index in [2.05, 4.69) is 20.1 Å². The maximum atomic E-state index is 12.5. The van der Waals surface area contributed by atoms with E-state index in [4.69, 9.17) is 11.6 Å². The van der Waals surface area contributed by atoms with Gasteiger partial charge in [0.1, 0.15) is 11.4 Å². The molecule has 2 saturated heterocycles. The zero-order valence-electron chi connectivity index (χ0n) is 18.8. The number of aromatic nitrogens is 1. The predicted molar refractivity (Wildman–Crippen MR) is 130 cm³/mol. The molecule has 2 N–H and O–H groups in total. The standard InChI is InChI=1S/C25H31ClN4O3/c26-20-6-4-5-19(15-20)24(31)28-21-16-22(25(32)33)23(27-17-21)30-13-8-18(9-14-30)7-12-29-10-2-1-3-11-29/h4-6,15-18H,1-3,7-14H2,(H,28,31)(H,32,33). The Bertz CT molecular complexity index is 985. The van der Waals surface area contributed by atoms with Crippen molar-refractivity contribution in [3.8, 4) is 0 Å². The Kier molecular flexibility index (Phi) is 7.83. The highest BCUT2D eigenvalue weighted by Crippen LogP contribution is 2.28. The molecule has 1 aromatic carbocycles. The molecule has 0 radical (unpaired) electrons. The summed E-state index contributed by atoms with van der Waals surface area (Å²) >= 11 is 5.96. The number of hydrogen-bond donors (Lipinski definition) is 2. The minimum absolute atomic E-state index is 0.102. The third-order valence-electron chi connectivity index (χ3n) is 6.66. The molecular weight excluding hydrogens is 440 g/mol. The van der Waals surface area contributed by atoms with Crippen LogP contribution in [-0.2, 0) is 0 Å². The number of benzene rings is 1. The molecule has 7 nitrogen and oxygen atoms in total. The fourth-order valence-electron chi connectivity index (χ4n) is 4.75. The van der Waals surface area contributed by atoms with Gasteiger partial charge < -0.3 is 20.2 Å². The molecule has 0 saturated carbocycles. The largest absolute Gasteiger partial charge is 0.478 e. The van der Waals surface area contributed by atoms with Crippen LogP contribution in [0.5, 0.6) is 0 Å². The molecule has 1 amide bonds. The summed E-state index contributed by atoms with van der Waals surface area (Å²) < 4.78 is 0. The molecule has 2 fully saturated rings. The Labute approximate surface area is 199 Å². The highest BCUT2D eigenvalue weighted by atomic mass is 35.5. The molecule has 0 bridgehead atoms. The zero-order chi connectivity index (χ0) is 23.2. The Hall–Kier alpha value is -2.64. The highest BCUT2D eigenvalue weighted by molar-refractivity contribution is 6.31. The van der Waals surface area contributed by atoms with Gasteiger partial charge in [-0.25, -0.2) is 9.78 Å². The van der Waals surface area contributed by atoms with E-state index in [-0.39, 0.29) is 11.5 Å². The van der Waals surface area contributed by atoms with Gasteiger partial charge in [0.15, 0.2) is 0 Å². The van der Waals surface area contributed by atoms with Crippen LogP contribution in [-0.4, -0.2) is 59.6 Å². The van der Waals surface area contributed by atoms with Gasteiger partial charge in [-0.2, -0.15) is 0 Å². The monoisotopic (exact) mass is 470 g/mol. The predicted octanol–water partition coefficient (Wildman–Crippen LogP) is 4.78. The van der Waals surface area contributed by atoms with Gasteiger partial charge in [-0.15, -0.1) is 0 Å². The summed E-state index contributed by atoms with van der Waals surface area (Å²) in [4.78, 5) is 33.5. The molecule has 2 aliphatic rings. The molecule has 2 aliphatic heterocycles. The molecule has 176 valence electrons. The lowest BCUT2D eigenvalue weighted by molar-refractivity contribution is 0.0696. The van der Waals surface area contributed by atoms with Crippen LogP contribution in [0.4, 0.5) is 11.5 Å². The average molecular weight is 471 g/mol. The summed E-state index contributed by atoms with van der Waals surface area (Å²) in [5.74, 6) is -0.271. The van der Waals surface area contributed by atoms with Crippen molar-refractivity contribution in [1.29, 1.82) is 0 Å². The van der Waals surface area contributed by atoms with Gasteiger partial charge in [0.25, 0.3) is 5.91 Å². The van der Waals surface area contributed by atoms with Crippen LogP contribution < -0.4 is 10.2 Å². The quantitative estimate of drug-likeness (QED) is 0.605. The van der Waals surface area contributed by atoms with Crippen molar-refractivity contribution in [3.05, 3.63) is 52.7 Å². The van der Waals surface area contributed by atoms with Crippen LogP contribution in [0.1, 0.15) is 59.2 Å². The first-order valence-electron chi connectivity index (χ1n) is 11.8. The highest BCUT2D eigenvalue weighted by Gasteiger charge is 2.25. The van der Waals surface area contributed by atoms with Gasteiger partial charge in [-0.3, -0.25) is 4.79 Å². The number of piperidine rings is 2. The Balaban J connectivity index is 1.36. The smallest absolute Gasteiger partial charge is 0.339 e. The number of nitrogens with zero attached hydrogens (tertiary/aromatic N) is 3. The van der Waals surface area contributed by atoms with E-state index in [9.17, 15) is 14.7 Å². The third-order valence-corrected chi connectivity index (χ3v) is 6.89. The lowest BCUT2D eigenvalue weighted by atomic mass is 9.93. The first-order chi connectivity index (χ1) is 16.0. The number of hydrogen-bond acceptors (Lipinski definition) is 5. The number of pyridine rings is 1. The molecule has 0 unspecified atom stereocenters. The normalized spacial score (nSPS) is 17.7. The summed E-state index contributed by atoms with van der Waals surface area (Å²) in [5, 5.41) is 13.0. The van der Waals surface area contributed by atoms with Crippen LogP contribution in [0.25, 0.3) is 0 Å². The summed E-state index contributed by atoms with van der Waals surface area (Å²) in [6.07, 6.45) is 8.81. The molecule has 0 atom stereocenters. The number of likely N-dealkylation sites (tertiary alicyclic amines) is 1. The summed E-state index contributed by atoms with van der Waals surface area (Å²) in [6.45, 7) is 5.22. The molecule has 2 aromatic rings. The van der Waals surface area contributed by atoms with Crippen molar-refractivity contribution in [2.24, 2.45) is 5.92 Å². The average Bonchev–Trinajstić information content (AvgIpc) is 2.84. The molecule has 8 heteroatoms. The number of carboxylic acids is 1. The molecule has 4 rings (SSSR count). The first-order valence-corrected chi connectivity index (χ1v) is 12.1. The van der Waals surface area contributed by atoms with E-state index in [1.807, 2.05) is 0 Å². The summed E-state index contributed by atoms with van der Waals surface area (Å²) in [5.41, 5.74) is 0.846. The van der Waals surface area contributed by atoms with Gasteiger partial charge in [-0.1, -0.05) is 24.1 Å². The van der Waals surface area contributed by atoms with Crippen molar-refractivity contribution in [3.63, 3.8) is 0 Å². The maximum absolute atomic E-state index is 12.5. The fourth-order valence-corrected chi connectivity index (χ4v) is 4.94. The van der Waals surface area contributed by atoms with E-state index in [1.54, 1.807) is 24.3 Å². The van der Waals surface area contributed by atoms with Gasteiger partial charge >= 0.3 is 5.97 Å². The van der Waals surface area contributed by atoms with E-state index < -0.39 is 5.97 Å².